The van der Waals surface area contributed by atoms with E-state index in [1.807, 2.05) is 0 Å². The number of fused-ring (bicyclic) bond motifs is 1. The summed E-state index contributed by atoms with van der Waals surface area (Å²) in [5, 5.41) is 12.0. The van der Waals surface area contributed by atoms with E-state index < -0.39 is 5.63 Å². The van der Waals surface area contributed by atoms with E-state index in [1.165, 1.54) is 12.1 Å². The van der Waals surface area contributed by atoms with E-state index in [2.05, 4.69) is 5.43 Å². The van der Waals surface area contributed by atoms with E-state index in [0.717, 1.165) is 0 Å². The molecule has 7 heteroatoms. The Kier molecular flexibility index (Phi) is 4.31. The number of carbonyl (C=O) groups excluding carboxylic acids is 1. The third-order valence-electron chi connectivity index (χ3n) is 3.90. The van der Waals surface area contributed by atoms with Gasteiger partial charge in [-0.2, -0.15) is 0 Å². The highest BCUT2D eigenvalue weighted by Crippen LogP contribution is 2.23. The summed E-state index contributed by atoms with van der Waals surface area (Å²) < 4.78 is 10.4. The van der Waals surface area contributed by atoms with Crippen LogP contribution in [0.4, 0.5) is 0 Å². The Morgan fingerprint density at radius 2 is 2.09 bits per heavy atom. The number of amides is 1. The number of carbonyl (C=O) groups is 1. The molecule has 0 spiro atoms. The molecule has 1 amide bonds. The molecule has 2 aromatic rings. The molecule has 1 fully saturated rings. The largest absolute Gasteiger partial charge is 0.508 e. The maximum absolute atomic E-state index is 12.2. The summed E-state index contributed by atoms with van der Waals surface area (Å²) in [5.74, 6) is -0.238. The van der Waals surface area contributed by atoms with Crippen LogP contribution in [0, 0.1) is 6.92 Å². The van der Waals surface area contributed by atoms with E-state index in [0.29, 0.717) is 48.4 Å². The summed E-state index contributed by atoms with van der Waals surface area (Å²) in [6, 6.07) is 4.58. The van der Waals surface area contributed by atoms with Crippen molar-refractivity contribution >= 4 is 16.9 Å². The number of hydrogen-bond donors (Lipinski definition) is 2. The van der Waals surface area contributed by atoms with Crippen LogP contribution in [0.5, 0.6) is 5.75 Å². The highest BCUT2D eigenvalue weighted by molar-refractivity contribution is 5.85. The number of ether oxygens (including phenoxy) is 1. The average molecular weight is 318 g/mol. The van der Waals surface area contributed by atoms with Crippen LogP contribution in [0.2, 0.25) is 0 Å². The average Bonchev–Trinajstić information content (AvgIpc) is 2.52. The number of aromatic hydroxyl groups is 1. The van der Waals surface area contributed by atoms with Crippen molar-refractivity contribution in [3.8, 4) is 5.75 Å². The minimum Gasteiger partial charge on any atom is -0.508 e. The first kappa shape index (κ1) is 15.5. The Hall–Kier alpha value is -2.38. The topological polar surface area (TPSA) is 92.0 Å². The normalized spacial score (nSPS) is 15.7. The van der Waals surface area contributed by atoms with Gasteiger partial charge in [0.1, 0.15) is 11.3 Å². The summed E-state index contributed by atoms with van der Waals surface area (Å²) in [4.78, 5) is 24.3. The maximum Gasteiger partial charge on any atom is 0.340 e. The predicted octanol–water partition coefficient (Wildman–Crippen LogP) is 0.713. The first-order chi connectivity index (χ1) is 11.0. The van der Waals surface area contributed by atoms with Gasteiger partial charge in [0.15, 0.2) is 0 Å². The summed E-state index contributed by atoms with van der Waals surface area (Å²) >= 11 is 0. The lowest BCUT2D eigenvalue weighted by molar-refractivity contribution is -0.127. The van der Waals surface area contributed by atoms with E-state index in [4.69, 9.17) is 9.15 Å². The molecule has 1 aliphatic rings. The van der Waals surface area contributed by atoms with Crippen LogP contribution in [0.1, 0.15) is 11.1 Å². The predicted molar refractivity (Wildman–Crippen MR) is 83.1 cm³/mol. The lowest BCUT2D eigenvalue weighted by atomic mass is 10.0. The Bertz CT molecular complexity index is 793. The summed E-state index contributed by atoms with van der Waals surface area (Å²) in [6.45, 7) is 4.15. The third-order valence-corrected chi connectivity index (χ3v) is 3.90. The Morgan fingerprint density at radius 1 is 1.35 bits per heavy atom. The van der Waals surface area contributed by atoms with Crippen LogP contribution in [0.3, 0.4) is 0 Å². The van der Waals surface area contributed by atoms with Gasteiger partial charge >= 0.3 is 5.63 Å². The number of aryl methyl sites for hydroxylation is 1. The zero-order valence-corrected chi connectivity index (χ0v) is 12.8. The molecule has 0 aliphatic carbocycles. The number of nitrogens with zero attached hydrogens (tertiary/aromatic N) is 1. The standard InChI is InChI=1S/C16H18N2O5/c1-10-12-3-2-11(19)8-14(12)23-16(21)13(10)9-15(20)17-18-4-6-22-7-5-18/h2-3,8,19H,4-7,9H2,1H3,(H,17,20). The second kappa shape index (κ2) is 6.39. The monoisotopic (exact) mass is 318 g/mol. The molecule has 3 rings (SSSR count). The Labute approximate surface area is 132 Å². The molecule has 0 unspecified atom stereocenters. The maximum atomic E-state index is 12.2. The van der Waals surface area contributed by atoms with Gasteiger partial charge in [-0.05, 0) is 24.6 Å². The number of benzene rings is 1. The molecular weight excluding hydrogens is 300 g/mol. The molecule has 122 valence electrons. The molecule has 1 aromatic heterocycles. The second-order valence-electron chi connectivity index (χ2n) is 5.48. The number of phenolic OH excluding ortho intramolecular Hbond substituents is 1. The first-order valence-electron chi connectivity index (χ1n) is 7.42. The molecule has 1 aliphatic heterocycles. The van der Waals surface area contributed by atoms with Crippen LogP contribution in [0.15, 0.2) is 27.4 Å². The van der Waals surface area contributed by atoms with Gasteiger partial charge in [-0.1, -0.05) is 0 Å². The zero-order chi connectivity index (χ0) is 16.4. The number of hydrogen-bond acceptors (Lipinski definition) is 6. The van der Waals surface area contributed by atoms with Crippen molar-refractivity contribution in [1.82, 2.24) is 10.4 Å². The fraction of sp³-hybridized carbons (Fsp3) is 0.375. The van der Waals surface area contributed by atoms with Gasteiger partial charge in [-0.15, -0.1) is 0 Å². The number of rotatable bonds is 3. The van der Waals surface area contributed by atoms with Gasteiger partial charge in [0.05, 0.1) is 25.2 Å². The van der Waals surface area contributed by atoms with Gasteiger partial charge in [-0.25, -0.2) is 9.80 Å². The highest BCUT2D eigenvalue weighted by atomic mass is 16.5. The van der Waals surface area contributed by atoms with Crippen molar-refractivity contribution in [1.29, 1.82) is 0 Å². The quantitative estimate of drug-likeness (QED) is 0.810. The zero-order valence-electron chi connectivity index (χ0n) is 12.8. The molecule has 2 N–H and O–H groups in total. The fourth-order valence-electron chi connectivity index (χ4n) is 2.64. The second-order valence-corrected chi connectivity index (χ2v) is 5.48. The lowest BCUT2D eigenvalue weighted by Gasteiger charge is -2.26. The van der Waals surface area contributed by atoms with E-state index in [9.17, 15) is 14.7 Å². The molecule has 0 radical (unpaired) electrons. The van der Waals surface area contributed by atoms with Crippen molar-refractivity contribution in [2.45, 2.75) is 13.3 Å². The first-order valence-corrected chi connectivity index (χ1v) is 7.42. The number of phenols is 1. The van der Waals surface area contributed by atoms with Crippen LogP contribution in [-0.4, -0.2) is 42.3 Å². The molecule has 2 heterocycles. The van der Waals surface area contributed by atoms with Gasteiger partial charge in [0.25, 0.3) is 0 Å². The van der Waals surface area contributed by atoms with Crippen LogP contribution in [-0.2, 0) is 16.0 Å². The van der Waals surface area contributed by atoms with Crippen molar-refractivity contribution < 1.29 is 19.1 Å². The Balaban J connectivity index is 1.83. The minimum atomic E-state index is -0.558. The molecular formula is C16H18N2O5. The molecule has 0 saturated carbocycles. The van der Waals surface area contributed by atoms with Gasteiger partial charge in [0.2, 0.25) is 5.91 Å². The van der Waals surface area contributed by atoms with Crippen molar-refractivity contribution in [3.63, 3.8) is 0 Å². The van der Waals surface area contributed by atoms with Gasteiger partial charge in [-0.3, -0.25) is 10.2 Å². The van der Waals surface area contributed by atoms with Crippen LogP contribution >= 0.6 is 0 Å². The number of nitrogens with one attached hydrogen (secondary N) is 1. The Morgan fingerprint density at radius 3 is 2.83 bits per heavy atom. The molecule has 0 atom stereocenters. The third kappa shape index (κ3) is 3.35. The fourth-order valence-corrected chi connectivity index (χ4v) is 2.64. The minimum absolute atomic E-state index is 0.0258. The number of hydrazine groups is 1. The number of morpholine rings is 1. The van der Waals surface area contributed by atoms with E-state index >= 15 is 0 Å². The SMILES string of the molecule is Cc1c(CC(=O)NN2CCOCC2)c(=O)oc2cc(O)ccc12. The van der Waals surface area contributed by atoms with E-state index in [-0.39, 0.29) is 18.1 Å². The highest BCUT2D eigenvalue weighted by Gasteiger charge is 2.18. The van der Waals surface area contributed by atoms with Crippen molar-refractivity contribution in [3.05, 3.63) is 39.7 Å². The molecule has 23 heavy (non-hydrogen) atoms. The lowest BCUT2D eigenvalue weighted by Crippen LogP contribution is -2.49. The molecule has 1 saturated heterocycles. The van der Waals surface area contributed by atoms with Crippen molar-refractivity contribution in [2.24, 2.45) is 0 Å². The van der Waals surface area contributed by atoms with Gasteiger partial charge in [0, 0.05) is 24.5 Å². The smallest absolute Gasteiger partial charge is 0.340 e. The van der Waals surface area contributed by atoms with Crippen LogP contribution < -0.4 is 11.1 Å². The summed E-state index contributed by atoms with van der Waals surface area (Å²) in [6.07, 6.45) is -0.0532. The molecule has 0 bridgehead atoms. The van der Waals surface area contributed by atoms with Crippen LogP contribution in [0.25, 0.3) is 11.0 Å². The molecule has 1 aromatic carbocycles. The van der Waals surface area contributed by atoms with Crippen molar-refractivity contribution in [2.75, 3.05) is 26.3 Å². The summed E-state index contributed by atoms with van der Waals surface area (Å²) in [5.41, 5.74) is 3.54. The summed E-state index contributed by atoms with van der Waals surface area (Å²) in [7, 11) is 0. The molecule has 7 nitrogen and oxygen atoms in total. The van der Waals surface area contributed by atoms with E-state index in [1.54, 1.807) is 18.0 Å². The van der Waals surface area contributed by atoms with Gasteiger partial charge < -0.3 is 14.3 Å².